The number of hydrogen-bond acceptors (Lipinski definition) is 2. The van der Waals surface area contributed by atoms with Crippen molar-refractivity contribution >= 4 is 17.7 Å². The van der Waals surface area contributed by atoms with Gasteiger partial charge in [-0.25, -0.2) is 4.79 Å². The first-order valence-electron chi connectivity index (χ1n) is 5.59. The van der Waals surface area contributed by atoms with Crippen LogP contribution in [0.2, 0.25) is 0 Å². The van der Waals surface area contributed by atoms with E-state index in [1.807, 2.05) is 23.9 Å². The normalized spacial score (nSPS) is 17.1. The van der Waals surface area contributed by atoms with Gasteiger partial charge in [0, 0.05) is 11.2 Å². The molecule has 1 fully saturated rings. The highest BCUT2D eigenvalue weighted by Crippen LogP contribution is 2.50. The zero-order valence-electron chi connectivity index (χ0n) is 9.40. The van der Waals surface area contributed by atoms with Gasteiger partial charge in [-0.15, -0.1) is 0 Å². The third-order valence-corrected chi connectivity index (χ3v) is 4.32. The summed E-state index contributed by atoms with van der Waals surface area (Å²) in [4.78, 5) is 10.9. The molecule has 86 valence electrons. The average Bonchev–Trinajstić information content (AvgIpc) is 3.08. The Morgan fingerprint density at radius 2 is 2.25 bits per heavy atom. The van der Waals surface area contributed by atoms with Gasteiger partial charge in [-0.2, -0.15) is 11.8 Å². The number of hydrogen-bond donors (Lipinski definition) is 1. The molecular formula is C13H16O2S. The van der Waals surface area contributed by atoms with Crippen molar-refractivity contribution in [2.75, 3.05) is 11.5 Å². The fourth-order valence-electron chi connectivity index (χ4n) is 1.95. The Labute approximate surface area is 100 Å². The first-order chi connectivity index (χ1) is 7.68. The third-order valence-electron chi connectivity index (χ3n) is 3.16. The lowest BCUT2D eigenvalue weighted by Crippen LogP contribution is -2.11. The molecule has 1 aromatic carbocycles. The topological polar surface area (TPSA) is 37.3 Å². The lowest BCUT2D eigenvalue weighted by molar-refractivity contribution is 0.0697. The fourth-order valence-corrected chi connectivity index (χ4v) is 3.00. The second kappa shape index (κ2) is 4.50. The number of thioether (sulfide) groups is 1. The number of aromatic carboxylic acids is 1. The van der Waals surface area contributed by atoms with Crippen LogP contribution in [0.4, 0.5) is 0 Å². The van der Waals surface area contributed by atoms with E-state index in [4.69, 9.17) is 5.11 Å². The van der Waals surface area contributed by atoms with Gasteiger partial charge in [-0.3, -0.25) is 0 Å². The van der Waals surface area contributed by atoms with Gasteiger partial charge < -0.3 is 5.11 Å². The number of carboxylic acid groups (broad SMARTS) is 1. The summed E-state index contributed by atoms with van der Waals surface area (Å²) < 4.78 is 0. The number of carboxylic acids is 1. The van der Waals surface area contributed by atoms with Crippen molar-refractivity contribution in [3.63, 3.8) is 0 Å². The first kappa shape index (κ1) is 11.5. The molecule has 0 aliphatic heterocycles. The van der Waals surface area contributed by atoms with E-state index in [2.05, 4.69) is 13.0 Å². The van der Waals surface area contributed by atoms with Gasteiger partial charge in [0.1, 0.15) is 0 Å². The molecule has 2 nitrogen and oxygen atoms in total. The Hall–Kier alpha value is -0.960. The van der Waals surface area contributed by atoms with Crippen LogP contribution < -0.4 is 0 Å². The number of rotatable bonds is 5. The van der Waals surface area contributed by atoms with Crippen molar-refractivity contribution in [3.8, 4) is 0 Å². The maximum Gasteiger partial charge on any atom is 0.335 e. The highest BCUT2D eigenvalue weighted by atomic mass is 32.2. The summed E-state index contributed by atoms with van der Waals surface area (Å²) in [5.74, 6) is 1.41. The SMILES string of the molecule is CCSCC1(c2cccc(C(=O)O)c2)CC1. The summed E-state index contributed by atoms with van der Waals surface area (Å²) in [5.41, 5.74) is 1.88. The van der Waals surface area contributed by atoms with Crippen LogP contribution >= 0.6 is 11.8 Å². The predicted octanol–water partition coefficient (Wildman–Crippen LogP) is 3.17. The van der Waals surface area contributed by atoms with Crippen molar-refractivity contribution in [1.29, 1.82) is 0 Å². The van der Waals surface area contributed by atoms with Gasteiger partial charge in [-0.1, -0.05) is 19.1 Å². The minimum Gasteiger partial charge on any atom is -0.478 e. The van der Waals surface area contributed by atoms with Crippen LogP contribution in [0.3, 0.4) is 0 Å². The molecule has 1 aliphatic carbocycles. The average molecular weight is 236 g/mol. The van der Waals surface area contributed by atoms with Crippen molar-refractivity contribution in [3.05, 3.63) is 35.4 Å². The summed E-state index contributed by atoms with van der Waals surface area (Å²) in [5, 5.41) is 8.97. The van der Waals surface area contributed by atoms with Crippen LogP contribution in [-0.4, -0.2) is 22.6 Å². The zero-order chi connectivity index (χ0) is 11.6. The molecule has 0 heterocycles. The van der Waals surface area contributed by atoms with E-state index in [9.17, 15) is 4.79 Å². The monoisotopic (exact) mass is 236 g/mol. The quantitative estimate of drug-likeness (QED) is 0.853. The number of benzene rings is 1. The number of carbonyl (C=O) groups is 1. The Balaban J connectivity index is 2.20. The molecule has 1 N–H and O–H groups in total. The summed E-state index contributed by atoms with van der Waals surface area (Å²) in [7, 11) is 0. The molecule has 1 saturated carbocycles. The Morgan fingerprint density at radius 1 is 1.50 bits per heavy atom. The van der Waals surface area contributed by atoms with Crippen LogP contribution in [0.25, 0.3) is 0 Å². The van der Waals surface area contributed by atoms with E-state index >= 15 is 0 Å². The van der Waals surface area contributed by atoms with Gasteiger partial charge in [0.15, 0.2) is 0 Å². The first-order valence-corrected chi connectivity index (χ1v) is 6.75. The molecular weight excluding hydrogens is 220 g/mol. The Morgan fingerprint density at radius 3 is 2.81 bits per heavy atom. The van der Waals surface area contributed by atoms with Gasteiger partial charge in [-0.05, 0) is 36.3 Å². The van der Waals surface area contributed by atoms with E-state index in [1.54, 1.807) is 6.07 Å². The maximum atomic E-state index is 10.9. The van der Waals surface area contributed by atoms with Crippen LogP contribution in [-0.2, 0) is 5.41 Å². The molecule has 16 heavy (non-hydrogen) atoms. The summed E-state index contributed by atoms with van der Waals surface area (Å²) in [6.45, 7) is 2.16. The molecule has 0 saturated heterocycles. The van der Waals surface area contributed by atoms with Crippen molar-refractivity contribution < 1.29 is 9.90 Å². The fraction of sp³-hybridized carbons (Fsp3) is 0.462. The summed E-state index contributed by atoms with van der Waals surface area (Å²) in [6.07, 6.45) is 2.39. The standard InChI is InChI=1S/C13H16O2S/c1-2-16-9-13(6-7-13)11-5-3-4-10(8-11)12(14)15/h3-5,8H,2,6-7,9H2,1H3,(H,14,15). The van der Waals surface area contributed by atoms with Crippen LogP contribution in [0.5, 0.6) is 0 Å². The molecule has 2 rings (SSSR count). The van der Waals surface area contributed by atoms with Crippen LogP contribution in [0, 0.1) is 0 Å². The molecule has 0 aromatic heterocycles. The van der Waals surface area contributed by atoms with Crippen molar-refractivity contribution in [1.82, 2.24) is 0 Å². The van der Waals surface area contributed by atoms with E-state index in [1.165, 1.54) is 18.4 Å². The van der Waals surface area contributed by atoms with Gasteiger partial charge in [0.2, 0.25) is 0 Å². The third kappa shape index (κ3) is 2.24. The molecule has 0 bridgehead atoms. The van der Waals surface area contributed by atoms with Gasteiger partial charge in [0.05, 0.1) is 5.56 Å². The second-order valence-corrected chi connectivity index (χ2v) is 5.58. The van der Waals surface area contributed by atoms with E-state index in [0.717, 1.165) is 11.5 Å². The van der Waals surface area contributed by atoms with Crippen molar-refractivity contribution in [2.24, 2.45) is 0 Å². The molecule has 0 amide bonds. The highest BCUT2D eigenvalue weighted by Gasteiger charge is 2.43. The maximum absolute atomic E-state index is 10.9. The minimum atomic E-state index is -0.833. The Kier molecular flexibility index (Phi) is 3.24. The molecule has 3 heteroatoms. The zero-order valence-corrected chi connectivity index (χ0v) is 10.2. The summed E-state index contributed by atoms with van der Waals surface area (Å²) in [6, 6.07) is 7.42. The smallest absolute Gasteiger partial charge is 0.335 e. The van der Waals surface area contributed by atoms with Crippen LogP contribution in [0.1, 0.15) is 35.7 Å². The van der Waals surface area contributed by atoms with E-state index < -0.39 is 5.97 Å². The van der Waals surface area contributed by atoms with Crippen LogP contribution in [0.15, 0.2) is 24.3 Å². The summed E-state index contributed by atoms with van der Waals surface area (Å²) >= 11 is 1.94. The van der Waals surface area contributed by atoms with Gasteiger partial charge in [0.25, 0.3) is 0 Å². The predicted molar refractivity (Wildman–Crippen MR) is 67.3 cm³/mol. The van der Waals surface area contributed by atoms with E-state index in [0.29, 0.717) is 5.56 Å². The molecule has 0 unspecified atom stereocenters. The Bertz CT molecular complexity index is 397. The van der Waals surface area contributed by atoms with E-state index in [-0.39, 0.29) is 5.41 Å². The molecule has 0 spiro atoms. The van der Waals surface area contributed by atoms with Gasteiger partial charge >= 0.3 is 5.97 Å². The van der Waals surface area contributed by atoms with Crippen molar-refractivity contribution in [2.45, 2.75) is 25.2 Å². The molecule has 1 aromatic rings. The highest BCUT2D eigenvalue weighted by molar-refractivity contribution is 7.99. The molecule has 0 atom stereocenters. The largest absolute Gasteiger partial charge is 0.478 e. The molecule has 1 aliphatic rings. The lowest BCUT2D eigenvalue weighted by atomic mass is 9.96. The second-order valence-electron chi connectivity index (χ2n) is 4.30. The lowest BCUT2D eigenvalue weighted by Gasteiger charge is -2.15. The molecule has 0 radical (unpaired) electrons. The minimum absolute atomic E-state index is 0.270.